The lowest BCUT2D eigenvalue weighted by Gasteiger charge is -2.10. The molecule has 0 aliphatic rings. The van der Waals surface area contributed by atoms with E-state index in [1.54, 1.807) is 23.5 Å². The van der Waals surface area contributed by atoms with Crippen molar-refractivity contribution in [1.82, 2.24) is 14.8 Å². The molecule has 0 N–H and O–H groups in total. The Balaban J connectivity index is 1.96. The van der Waals surface area contributed by atoms with Crippen molar-refractivity contribution in [3.8, 4) is 27.8 Å². The minimum Gasteiger partial charge on any atom is -0.274 e. The monoisotopic (exact) mass is 321 g/mol. The van der Waals surface area contributed by atoms with Gasteiger partial charge in [0.2, 0.25) is 0 Å². The molecular formula is C18H12FN3S. The van der Waals surface area contributed by atoms with E-state index in [2.05, 4.69) is 10.2 Å². The Morgan fingerprint density at radius 2 is 1.52 bits per heavy atom. The minimum atomic E-state index is -0.263. The number of thiophene rings is 1. The Labute approximate surface area is 136 Å². The molecule has 0 aliphatic carbocycles. The summed E-state index contributed by atoms with van der Waals surface area (Å²) >= 11 is 1.60. The summed E-state index contributed by atoms with van der Waals surface area (Å²) in [7, 11) is 0. The van der Waals surface area contributed by atoms with Crippen molar-refractivity contribution in [2.75, 3.05) is 0 Å². The highest BCUT2D eigenvalue weighted by Gasteiger charge is 2.17. The zero-order valence-electron chi connectivity index (χ0n) is 12.1. The lowest BCUT2D eigenvalue weighted by molar-refractivity contribution is 0.627. The van der Waals surface area contributed by atoms with Gasteiger partial charge in [0.25, 0.3) is 0 Å². The molecule has 0 fully saturated rings. The summed E-state index contributed by atoms with van der Waals surface area (Å²) < 4.78 is 15.2. The predicted molar refractivity (Wildman–Crippen MR) is 90.1 cm³/mol. The number of halogens is 1. The summed E-state index contributed by atoms with van der Waals surface area (Å²) in [6.07, 6.45) is 0. The fraction of sp³-hybridized carbons (Fsp3) is 0. The second-order valence-corrected chi connectivity index (χ2v) is 5.95. The number of hydrogen-bond donors (Lipinski definition) is 0. The Morgan fingerprint density at radius 3 is 2.22 bits per heavy atom. The standard InChI is InChI=1S/C18H12FN3S/c19-14-8-10-15(11-9-14)22-17(13-5-2-1-3-6-13)20-21-18(22)16-7-4-12-23-16/h1-12H. The lowest BCUT2D eigenvalue weighted by atomic mass is 10.2. The average molecular weight is 321 g/mol. The molecule has 112 valence electrons. The molecule has 2 aromatic heterocycles. The first-order valence-electron chi connectivity index (χ1n) is 7.13. The van der Waals surface area contributed by atoms with E-state index in [4.69, 9.17) is 0 Å². The van der Waals surface area contributed by atoms with Gasteiger partial charge < -0.3 is 0 Å². The molecule has 0 bridgehead atoms. The molecule has 2 heterocycles. The van der Waals surface area contributed by atoms with Crippen LogP contribution in [0.25, 0.3) is 27.8 Å². The van der Waals surface area contributed by atoms with Gasteiger partial charge in [-0.2, -0.15) is 0 Å². The maximum absolute atomic E-state index is 13.3. The molecule has 0 spiro atoms. The first kappa shape index (κ1) is 13.8. The van der Waals surface area contributed by atoms with Crippen molar-refractivity contribution in [1.29, 1.82) is 0 Å². The van der Waals surface area contributed by atoms with Crippen LogP contribution in [0.5, 0.6) is 0 Å². The van der Waals surface area contributed by atoms with Crippen LogP contribution in [-0.2, 0) is 0 Å². The van der Waals surface area contributed by atoms with Gasteiger partial charge in [-0.05, 0) is 35.7 Å². The maximum Gasteiger partial charge on any atom is 0.178 e. The van der Waals surface area contributed by atoms with Crippen LogP contribution in [0.3, 0.4) is 0 Å². The molecule has 0 saturated carbocycles. The highest BCUT2D eigenvalue weighted by Crippen LogP contribution is 2.30. The predicted octanol–water partition coefficient (Wildman–Crippen LogP) is 4.80. The third-order valence-corrected chi connectivity index (χ3v) is 4.39. The van der Waals surface area contributed by atoms with Crippen LogP contribution >= 0.6 is 11.3 Å². The SMILES string of the molecule is Fc1ccc(-n2c(-c3ccccc3)nnc2-c2cccs2)cc1. The minimum absolute atomic E-state index is 0.263. The van der Waals surface area contributed by atoms with Crippen molar-refractivity contribution in [2.45, 2.75) is 0 Å². The van der Waals surface area contributed by atoms with E-state index < -0.39 is 0 Å². The Morgan fingerprint density at radius 1 is 0.783 bits per heavy atom. The molecule has 2 aromatic carbocycles. The zero-order valence-corrected chi connectivity index (χ0v) is 12.9. The van der Waals surface area contributed by atoms with Crippen molar-refractivity contribution >= 4 is 11.3 Å². The first-order chi connectivity index (χ1) is 11.3. The van der Waals surface area contributed by atoms with Crippen LogP contribution in [0, 0.1) is 5.82 Å². The van der Waals surface area contributed by atoms with Gasteiger partial charge in [-0.1, -0.05) is 36.4 Å². The van der Waals surface area contributed by atoms with Gasteiger partial charge in [0, 0.05) is 11.3 Å². The van der Waals surface area contributed by atoms with Gasteiger partial charge in [0.15, 0.2) is 11.6 Å². The van der Waals surface area contributed by atoms with Crippen molar-refractivity contribution in [3.05, 3.63) is 77.9 Å². The second-order valence-electron chi connectivity index (χ2n) is 5.00. The molecule has 0 atom stereocenters. The average Bonchev–Trinajstić information content (AvgIpc) is 3.25. The van der Waals surface area contributed by atoms with Crippen LogP contribution in [0.1, 0.15) is 0 Å². The third kappa shape index (κ3) is 2.55. The Hall–Kier alpha value is -2.79. The van der Waals surface area contributed by atoms with Crippen molar-refractivity contribution < 1.29 is 4.39 Å². The number of hydrogen-bond acceptors (Lipinski definition) is 3. The quantitative estimate of drug-likeness (QED) is 0.542. The van der Waals surface area contributed by atoms with Crippen molar-refractivity contribution in [3.63, 3.8) is 0 Å². The smallest absolute Gasteiger partial charge is 0.178 e. The van der Waals surface area contributed by atoms with Crippen LogP contribution in [0.4, 0.5) is 4.39 Å². The van der Waals surface area contributed by atoms with Gasteiger partial charge >= 0.3 is 0 Å². The summed E-state index contributed by atoms with van der Waals surface area (Å²) in [5, 5.41) is 10.7. The second kappa shape index (κ2) is 5.78. The van der Waals surface area contributed by atoms with Gasteiger partial charge in [0.05, 0.1) is 4.88 Å². The lowest BCUT2D eigenvalue weighted by Crippen LogP contribution is -1.99. The highest BCUT2D eigenvalue weighted by atomic mass is 32.1. The Kier molecular flexibility index (Phi) is 3.48. The number of aromatic nitrogens is 3. The molecule has 23 heavy (non-hydrogen) atoms. The van der Waals surface area contributed by atoms with E-state index in [-0.39, 0.29) is 5.82 Å². The van der Waals surface area contributed by atoms with Gasteiger partial charge in [0.1, 0.15) is 5.82 Å². The van der Waals surface area contributed by atoms with E-state index in [1.165, 1.54) is 12.1 Å². The van der Waals surface area contributed by atoms with E-state index in [1.807, 2.05) is 52.4 Å². The fourth-order valence-electron chi connectivity index (χ4n) is 2.46. The Bertz CT molecular complexity index is 913. The summed E-state index contributed by atoms with van der Waals surface area (Å²) in [5.41, 5.74) is 1.80. The van der Waals surface area contributed by atoms with E-state index in [9.17, 15) is 4.39 Å². The molecule has 3 nitrogen and oxygen atoms in total. The molecule has 0 unspecified atom stereocenters. The topological polar surface area (TPSA) is 30.7 Å². The van der Waals surface area contributed by atoms with Gasteiger partial charge in [-0.3, -0.25) is 4.57 Å². The fourth-order valence-corrected chi connectivity index (χ4v) is 3.16. The largest absolute Gasteiger partial charge is 0.274 e. The molecule has 0 aliphatic heterocycles. The van der Waals surface area contributed by atoms with Crippen LogP contribution in [0.15, 0.2) is 72.1 Å². The molecule has 0 radical (unpaired) electrons. The molecule has 4 aromatic rings. The molecule has 0 saturated heterocycles. The van der Waals surface area contributed by atoms with Crippen LogP contribution in [-0.4, -0.2) is 14.8 Å². The first-order valence-corrected chi connectivity index (χ1v) is 8.01. The zero-order chi connectivity index (χ0) is 15.6. The molecule has 0 amide bonds. The molecule has 5 heteroatoms. The van der Waals surface area contributed by atoms with E-state index >= 15 is 0 Å². The summed E-state index contributed by atoms with van der Waals surface area (Å²) in [6, 6.07) is 20.2. The van der Waals surface area contributed by atoms with E-state index in [0.717, 1.165) is 27.8 Å². The van der Waals surface area contributed by atoms with Gasteiger partial charge in [-0.25, -0.2) is 4.39 Å². The third-order valence-electron chi connectivity index (χ3n) is 3.52. The van der Waals surface area contributed by atoms with E-state index in [0.29, 0.717) is 0 Å². The summed E-state index contributed by atoms with van der Waals surface area (Å²) in [4.78, 5) is 1.02. The summed E-state index contributed by atoms with van der Waals surface area (Å²) in [5.74, 6) is 1.23. The number of benzene rings is 2. The number of nitrogens with zero attached hydrogens (tertiary/aromatic N) is 3. The summed E-state index contributed by atoms with van der Waals surface area (Å²) in [6.45, 7) is 0. The van der Waals surface area contributed by atoms with Gasteiger partial charge in [-0.15, -0.1) is 21.5 Å². The molecular weight excluding hydrogens is 309 g/mol. The van der Waals surface area contributed by atoms with Crippen LogP contribution < -0.4 is 0 Å². The highest BCUT2D eigenvalue weighted by molar-refractivity contribution is 7.13. The normalized spacial score (nSPS) is 10.8. The molecule has 4 rings (SSSR count). The van der Waals surface area contributed by atoms with Crippen LogP contribution in [0.2, 0.25) is 0 Å². The number of rotatable bonds is 3. The van der Waals surface area contributed by atoms with Crippen molar-refractivity contribution in [2.24, 2.45) is 0 Å². The maximum atomic E-state index is 13.3.